The van der Waals surface area contributed by atoms with Gasteiger partial charge in [0, 0.05) is 16.9 Å². The summed E-state index contributed by atoms with van der Waals surface area (Å²) < 4.78 is 0. The monoisotopic (exact) mass is 270 g/mol. The molecule has 0 aliphatic heterocycles. The third-order valence-electron chi connectivity index (χ3n) is 4.81. The summed E-state index contributed by atoms with van der Waals surface area (Å²) in [5.74, 6) is 0.394. The van der Waals surface area contributed by atoms with Crippen LogP contribution < -0.4 is 10.4 Å². The number of hydrogen-bond acceptors (Lipinski definition) is 0. The smallest absolute Gasteiger partial charge is 0.0255 e. The highest BCUT2D eigenvalue weighted by atomic mass is 14.4. The van der Waals surface area contributed by atoms with Gasteiger partial charge in [-0.1, -0.05) is 68.5 Å². The summed E-state index contributed by atoms with van der Waals surface area (Å²) in [4.78, 5) is 0. The van der Waals surface area contributed by atoms with Crippen molar-refractivity contribution in [2.75, 3.05) is 0 Å². The molecule has 3 aliphatic rings. The van der Waals surface area contributed by atoms with E-state index >= 15 is 0 Å². The van der Waals surface area contributed by atoms with Gasteiger partial charge >= 0.3 is 0 Å². The molecule has 3 aliphatic carbocycles. The Balaban J connectivity index is 2.06. The van der Waals surface area contributed by atoms with E-state index in [0.29, 0.717) is 5.92 Å². The van der Waals surface area contributed by atoms with Crippen molar-refractivity contribution in [3.05, 3.63) is 88.5 Å². The largest absolute Gasteiger partial charge is 0.116 e. The average Bonchev–Trinajstić information content (AvgIpc) is 3.14. The topological polar surface area (TPSA) is 0 Å². The Morgan fingerprint density at radius 3 is 2.52 bits per heavy atom. The second-order valence-corrected chi connectivity index (χ2v) is 6.35. The second kappa shape index (κ2) is 4.35. The molecule has 1 unspecified atom stereocenters. The molecule has 0 N–H and O–H groups in total. The standard InChI is InChI=1S/C21H18/c1-21(2,15-9-3-4-10-15)20-18-13-7-5-11-16(18)17-12-6-8-14-19(17)20/h3-9,11-14,18H,1-2H3. The van der Waals surface area contributed by atoms with Gasteiger partial charge in [-0.05, 0) is 33.7 Å². The Hall–Kier alpha value is -2.30. The van der Waals surface area contributed by atoms with E-state index in [2.05, 4.69) is 80.3 Å². The van der Waals surface area contributed by atoms with Gasteiger partial charge in [-0.25, -0.2) is 0 Å². The molecule has 102 valence electrons. The lowest BCUT2D eigenvalue weighted by atomic mass is 9.71. The summed E-state index contributed by atoms with van der Waals surface area (Å²) in [6.07, 6.45) is 15.2. The maximum Gasteiger partial charge on any atom is 0.0255 e. The van der Waals surface area contributed by atoms with Crippen LogP contribution in [0.5, 0.6) is 0 Å². The molecule has 0 heterocycles. The van der Waals surface area contributed by atoms with Crippen LogP contribution in [-0.4, -0.2) is 0 Å². The van der Waals surface area contributed by atoms with Crippen LogP contribution in [0.4, 0.5) is 0 Å². The van der Waals surface area contributed by atoms with Gasteiger partial charge in [0.05, 0.1) is 0 Å². The summed E-state index contributed by atoms with van der Waals surface area (Å²) in [6.45, 7) is 4.64. The van der Waals surface area contributed by atoms with Crippen LogP contribution >= 0.6 is 0 Å². The summed E-state index contributed by atoms with van der Waals surface area (Å²) >= 11 is 0. The van der Waals surface area contributed by atoms with Gasteiger partial charge in [0.15, 0.2) is 0 Å². The number of rotatable bonds is 2. The van der Waals surface area contributed by atoms with Crippen molar-refractivity contribution in [2.24, 2.45) is 11.3 Å². The van der Waals surface area contributed by atoms with Crippen LogP contribution in [-0.2, 0) is 0 Å². The fourth-order valence-electron chi connectivity index (χ4n) is 3.78. The lowest BCUT2D eigenvalue weighted by Crippen LogP contribution is -2.29. The Bertz CT molecular complexity index is 892. The van der Waals surface area contributed by atoms with E-state index in [9.17, 15) is 0 Å². The Morgan fingerprint density at radius 2 is 1.76 bits per heavy atom. The second-order valence-electron chi connectivity index (χ2n) is 6.35. The van der Waals surface area contributed by atoms with Crippen LogP contribution in [0.15, 0.2) is 78.1 Å². The van der Waals surface area contributed by atoms with Crippen LogP contribution in [0.1, 0.15) is 13.8 Å². The number of allylic oxidation sites excluding steroid dienone is 7. The van der Waals surface area contributed by atoms with Crippen molar-refractivity contribution in [3.63, 3.8) is 0 Å². The van der Waals surface area contributed by atoms with Gasteiger partial charge in [-0.15, -0.1) is 5.73 Å². The highest BCUT2D eigenvalue weighted by Gasteiger charge is 2.36. The third-order valence-corrected chi connectivity index (χ3v) is 4.81. The molecular weight excluding hydrogens is 252 g/mol. The van der Waals surface area contributed by atoms with E-state index in [0.717, 1.165) is 0 Å². The van der Waals surface area contributed by atoms with Crippen molar-refractivity contribution in [2.45, 2.75) is 13.8 Å². The number of benzene rings is 1. The van der Waals surface area contributed by atoms with Gasteiger partial charge < -0.3 is 0 Å². The van der Waals surface area contributed by atoms with Crippen molar-refractivity contribution >= 4 is 11.1 Å². The van der Waals surface area contributed by atoms with E-state index < -0.39 is 0 Å². The molecule has 0 heteroatoms. The maximum absolute atomic E-state index is 3.41. The first-order valence-corrected chi connectivity index (χ1v) is 7.52. The Kier molecular flexibility index (Phi) is 2.58. The Labute approximate surface area is 125 Å². The molecular formula is C21H18. The van der Waals surface area contributed by atoms with E-state index in [4.69, 9.17) is 0 Å². The van der Waals surface area contributed by atoms with E-state index in [1.807, 2.05) is 6.08 Å². The molecule has 0 fully saturated rings. The first-order chi connectivity index (χ1) is 10.2. The minimum Gasteiger partial charge on any atom is -0.116 e. The lowest BCUT2D eigenvalue weighted by Gasteiger charge is -2.31. The van der Waals surface area contributed by atoms with Gasteiger partial charge in [0.25, 0.3) is 0 Å². The van der Waals surface area contributed by atoms with E-state index in [1.165, 1.54) is 27.2 Å². The zero-order chi connectivity index (χ0) is 14.4. The fourth-order valence-corrected chi connectivity index (χ4v) is 3.78. The summed E-state index contributed by atoms with van der Waals surface area (Å²) in [5.41, 5.74) is 7.60. The molecule has 0 aromatic heterocycles. The van der Waals surface area contributed by atoms with Crippen LogP contribution in [0.25, 0.3) is 11.1 Å². The van der Waals surface area contributed by atoms with Crippen LogP contribution in [0, 0.1) is 11.3 Å². The number of fused-ring (bicyclic) bond motifs is 2. The van der Waals surface area contributed by atoms with Gasteiger partial charge in [-0.2, -0.15) is 0 Å². The minimum atomic E-state index is -0.0124. The summed E-state index contributed by atoms with van der Waals surface area (Å²) in [7, 11) is 0. The lowest BCUT2D eigenvalue weighted by molar-refractivity contribution is 0.591. The highest BCUT2D eigenvalue weighted by Crippen LogP contribution is 2.45. The highest BCUT2D eigenvalue weighted by molar-refractivity contribution is 5.83. The maximum atomic E-state index is 3.41. The molecule has 0 radical (unpaired) electrons. The minimum absolute atomic E-state index is 0.0124. The molecule has 0 bridgehead atoms. The average molecular weight is 270 g/mol. The van der Waals surface area contributed by atoms with Crippen molar-refractivity contribution in [1.82, 2.24) is 0 Å². The quantitative estimate of drug-likeness (QED) is 0.722. The normalized spacial score (nSPS) is 21.8. The molecule has 0 amide bonds. The van der Waals surface area contributed by atoms with E-state index in [-0.39, 0.29) is 5.41 Å². The first kappa shape index (κ1) is 12.4. The van der Waals surface area contributed by atoms with E-state index in [1.54, 1.807) is 0 Å². The van der Waals surface area contributed by atoms with Gasteiger partial charge in [0.2, 0.25) is 0 Å². The summed E-state index contributed by atoms with van der Waals surface area (Å²) in [5, 5.41) is 2.78. The molecule has 0 saturated heterocycles. The molecule has 1 aromatic rings. The zero-order valence-corrected chi connectivity index (χ0v) is 12.4. The molecule has 21 heavy (non-hydrogen) atoms. The van der Waals surface area contributed by atoms with Crippen LogP contribution in [0.3, 0.4) is 0 Å². The number of hydrogen-bond donors (Lipinski definition) is 0. The predicted octanol–water partition coefficient (Wildman–Crippen LogP) is 3.42. The SMILES string of the molecule is CC(C)(C1=C=CC=C1)C1=c2ccccc2=C2C=CC=CC21. The Morgan fingerprint density at radius 1 is 0.952 bits per heavy atom. The predicted molar refractivity (Wildman–Crippen MR) is 88.8 cm³/mol. The first-order valence-electron chi connectivity index (χ1n) is 7.52. The van der Waals surface area contributed by atoms with Crippen molar-refractivity contribution in [3.8, 4) is 0 Å². The van der Waals surface area contributed by atoms with Crippen molar-refractivity contribution < 1.29 is 0 Å². The fraction of sp³-hybridized carbons (Fsp3) is 0.190. The molecule has 4 rings (SSSR count). The molecule has 0 nitrogen and oxygen atoms in total. The molecule has 1 atom stereocenters. The zero-order valence-electron chi connectivity index (χ0n) is 12.4. The van der Waals surface area contributed by atoms with Gasteiger partial charge in [0.1, 0.15) is 0 Å². The molecule has 0 spiro atoms. The van der Waals surface area contributed by atoms with Crippen molar-refractivity contribution in [1.29, 1.82) is 0 Å². The molecule has 1 aromatic carbocycles. The third kappa shape index (κ3) is 1.70. The summed E-state index contributed by atoms with van der Waals surface area (Å²) in [6, 6.07) is 8.80. The van der Waals surface area contributed by atoms with Gasteiger partial charge in [-0.3, -0.25) is 0 Å². The molecule has 0 saturated carbocycles. The van der Waals surface area contributed by atoms with Crippen LogP contribution in [0.2, 0.25) is 0 Å².